The largest absolute Gasteiger partial charge is 0.378 e. The molecule has 1 aliphatic heterocycles. The quantitative estimate of drug-likeness (QED) is 0.814. The minimum absolute atomic E-state index is 0.0527. The van der Waals surface area contributed by atoms with Gasteiger partial charge in [-0.3, -0.25) is 9.59 Å². The molecule has 1 saturated heterocycles. The van der Waals surface area contributed by atoms with E-state index < -0.39 is 0 Å². The first-order valence-corrected chi connectivity index (χ1v) is 9.06. The molecule has 27 heavy (non-hydrogen) atoms. The maximum absolute atomic E-state index is 13.0. The Labute approximate surface area is 159 Å². The predicted octanol–water partition coefficient (Wildman–Crippen LogP) is 2.39. The number of carbonyl (C=O) groups excluding carboxylic acids is 2. The standard InChI is InChI=1S/C21H25N3O3/c1-22(16-20(25)24-12-14-27-15-13-24)21(26)18-10-6-7-11-19(18)23(2)17-8-4-3-5-9-17/h3-11H,12-16H2,1-2H3. The van der Waals surface area contributed by atoms with Crippen LogP contribution in [0.4, 0.5) is 11.4 Å². The van der Waals surface area contributed by atoms with Crippen LogP contribution >= 0.6 is 0 Å². The number of nitrogens with zero attached hydrogens (tertiary/aromatic N) is 3. The lowest BCUT2D eigenvalue weighted by molar-refractivity contribution is -0.135. The Bertz CT molecular complexity index is 788. The maximum atomic E-state index is 13.0. The normalized spacial score (nSPS) is 13.9. The van der Waals surface area contributed by atoms with Crippen molar-refractivity contribution in [2.45, 2.75) is 0 Å². The van der Waals surface area contributed by atoms with Gasteiger partial charge in [0.15, 0.2) is 0 Å². The molecular weight excluding hydrogens is 342 g/mol. The van der Waals surface area contributed by atoms with E-state index in [2.05, 4.69) is 0 Å². The second-order valence-electron chi connectivity index (χ2n) is 6.57. The average Bonchev–Trinajstić information content (AvgIpc) is 2.73. The Balaban J connectivity index is 1.75. The van der Waals surface area contributed by atoms with Gasteiger partial charge in [-0.15, -0.1) is 0 Å². The van der Waals surface area contributed by atoms with Crippen molar-refractivity contribution in [2.24, 2.45) is 0 Å². The van der Waals surface area contributed by atoms with Gasteiger partial charge < -0.3 is 19.4 Å². The number of morpholine rings is 1. The topological polar surface area (TPSA) is 53.1 Å². The zero-order chi connectivity index (χ0) is 19.2. The number of ether oxygens (including phenoxy) is 1. The zero-order valence-electron chi connectivity index (χ0n) is 15.8. The summed E-state index contributed by atoms with van der Waals surface area (Å²) in [6.07, 6.45) is 0. The summed E-state index contributed by atoms with van der Waals surface area (Å²) in [5.74, 6) is -0.224. The molecule has 3 rings (SSSR count). The number of benzene rings is 2. The molecule has 2 amide bonds. The zero-order valence-corrected chi connectivity index (χ0v) is 15.8. The molecule has 0 radical (unpaired) electrons. The van der Waals surface area contributed by atoms with Crippen molar-refractivity contribution in [3.05, 3.63) is 60.2 Å². The minimum Gasteiger partial charge on any atom is -0.378 e. The first kappa shape index (κ1) is 18.9. The van der Waals surface area contributed by atoms with Gasteiger partial charge in [0.25, 0.3) is 5.91 Å². The second kappa shape index (κ2) is 8.68. The van der Waals surface area contributed by atoms with Crippen LogP contribution in [0.1, 0.15) is 10.4 Å². The number of para-hydroxylation sites is 2. The summed E-state index contributed by atoms with van der Waals surface area (Å²) in [5, 5.41) is 0. The smallest absolute Gasteiger partial charge is 0.256 e. The van der Waals surface area contributed by atoms with Crippen LogP contribution in [0.3, 0.4) is 0 Å². The van der Waals surface area contributed by atoms with Gasteiger partial charge in [-0.1, -0.05) is 30.3 Å². The van der Waals surface area contributed by atoms with Gasteiger partial charge in [0.2, 0.25) is 5.91 Å². The lowest BCUT2D eigenvalue weighted by atomic mass is 10.1. The molecule has 0 unspecified atom stereocenters. The van der Waals surface area contributed by atoms with E-state index in [0.29, 0.717) is 31.9 Å². The Hall–Kier alpha value is -2.86. The molecule has 142 valence electrons. The van der Waals surface area contributed by atoms with Gasteiger partial charge in [0.1, 0.15) is 0 Å². The predicted molar refractivity (Wildman–Crippen MR) is 105 cm³/mol. The molecular formula is C21H25N3O3. The van der Waals surface area contributed by atoms with Crippen LogP contribution in [0.2, 0.25) is 0 Å². The lowest BCUT2D eigenvalue weighted by Gasteiger charge is -2.29. The van der Waals surface area contributed by atoms with E-state index in [4.69, 9.17) is 4.74 Å². The fourth-order valence-electron chi connectivity index (χ4n) is 3.13. The molecule has 2 aromatic rings. The summed E-state index contributed by atoms with van der Waals surface area (Å²) in [7, 11) is 3.60. The molecule has 6 nitrogen and oxygen atoms in total. The number of hydrogen-bond donors (Lipinski definition) is 0. The van der Waals surface area contributed by atoms with Gasteiger partial charge >= 0.3 is 0 Å². The lowest BCUT2D eigenvalue weighted by Crippen LogP contribution is -2.46. The molecule has 1 fully saturated rings. The highest BCUT2D eigenvalue weighted by Crippen LogP contribution is 2.27. The van der Waals surface area contributed by atoms with Crippen molar-refractivity contribution >= 4 is 23.2 Å². The number of carbonyl (C=O) groups is 2. The maximum Gasteiger partial charge on any atom is 0.256 e. The van der Waals surface area contributed by atoms with Crippen molar-refractivity contribution in [3.63, 3.8) is 0 Å². The minimum atomic E-state index is -0.171. The van der Waals surface area contributed by atoms with Gasteiger partial charge in [-0.2, -0.15) is 0 Å². The van der Waals surface area contributed by atoms with Crippen LogP contribution in [0.15, 0.2) is 54.6 Å². The molecule has 1 aliphatic rings. The molecule has 6 heteroatoms. The van der Waals surface area contributed by atoms with Crippen LogP contribution in [0, 0.1) is 0 Å². The summed E-state index contributed by atoms with van der Waals surface area (Å²) in [5.41, 5.74) is 2.37. The highest BCUT2D eigenvalue weighted by molar-refractivity contribution is 6.01. The van der Waals surface area contributed by atoms with E-state index in [1.54, 1.807) is 18.0 Å². The van der Waals surface area contributed by atoms with Crippen LogP contribution in [-0.4, -0.2) is 68.6 Å². The van der Waals surface area contributed by atoms with Crippen molar-refractivity contribution in [1.82, 2.24) is 9.80 Å². The third-order valence-corrected chi connectivity index (χ3v) is 4.72. The van der Waals surface area contributed by atoms with Crippen LogP contribution in [0.25, 0.3) is 0 Å². The summed E-state index contributed by atoms with van der Waals surface area (Å²) in [6.45, 7) is 2.31. The highest BCUT2D eigenvalue weighted by Gasteiger charge is 2.23. The van der Waals surface area contributed by atoms with Crippen LogP contribution in [0.5, 0.6) is 0 Å². The number of anilines is 2. The third kappa shape index (κ3) is 4.46. The first-order valence-electron chi connectivity index (χ1n) is 9.06. The van der Waals surface area contributed by atoms with E-state index >= 15 is 0 Å². The molecule has 0 bridgehead atoms. The molecule has 0 N–H and O–H groups in total. The Morgan fingerprint density at radius 1 is 0.963 bits per heavy atom. The molecule has 0 aromatic heterocycles. The Morgan fingerprint density at radius 2 is 1.59 bits per heavy atom. The molecule has 1 heterocycles. The van der Waals surface area contributed by atoms with E-state index in [1.165, 1.54) is 4.90 Å². The molecule has 2 aromatic carbocycles. The molecule has 0 saturated carbocycles. The van der Waals surface area contributed by atoms with Gasteiger partial charge in [-0.05, 0) is 24.3 Å². The summed E-state index contributed by atoms with van der Waals surface area (Å²) in [4.78, 5) is 30.7. The van der Waals surface area contributed by atoms with Gasteiger partial charge in [0, 0.05) is 32.9 Å². The fraction of sp³-hybridized carbons (Fsp3) is 0.333. The van der Waals surface area contributed by atoms with Crippen LogP contribution < -0.4 is 4.90 Å². The second-order valence-corrected chi connectivity index (χ2v) is 6.57. The van der Waals surface area contributed by atoms with Gasteiger partial charge in [-0.25, -0.2) is 0 Å². The van der Waals surface area contributed by atoms with Crippen molar-refractivity contribution in [3.8, 4) is 0 Å². The number of rotatable bonds is 5. The summed E-state index contributed by atoms with van der Waals surface area (Å²) >= 11 is 0. The SMILES string of the molecule is CN(CC(=O)N1CCOCC1)C(=O)c1ccccc1N(C)c1ccccc1. The molecule has 0 aliphatic carbocycles. The van der Waals surface area contributed by atoms with E-state index in [-0.39, 0.29) is 18.4 Å². The molecule has 0 atom stereocenters. The highest BCUT2D eigenvalue weighted by atomic mass is 16.5. The van der Waals surface area contributed by atoms with Gasteiger partial charge in [0.05, 0.1) is 31.0 Å². The van der Waals surface area contributed by atoms with Crippen molar-refractivity contribution < 1.29 is 14.3 Å². The van der Waals surface area contributed by atoms with Crippen LogP contribution in [-0.2, 0) is 9.53 Å². The summed E-state index contributed by atoms with van der Waals surface area (Å²) < 4.78 is 5.28. The number of hydrogen-bond acceptors (Lipinski definition) is 4. The average molecular weight is 367 g/mol. The summed E-state index contributed by atoms with van der Waals surface area (Å²) in [6, 6.07) is 17.3. The van der Waals surface area contributed by atoms with Crippen molar-refractivity contribution in [1.29, 1.82) is 0 Å². The van der Waals surface area contributed by atoms with E-state index in [0.717, 1.165) is 11.4 Å². The number of likely N-dealkylation sites (N-methyl/N-ethyl adjacent to an activating group) is 1. The Morgan fingerprint density at radius 3 is 2.30 bits per heavy atom. The monoisotopic (exact) mass is 367 g/mol. The fourth-order valence-corrected chi connectivity index (χ4v) is 3.13. The number of amides is 2. The molecule has 0 spiro atoms. The van der Waals surface area contributed by atoms with E-state index in [9.17, 15) is 9.59 Å². The Kier molecular flexibility index (Phi) is 6.08. The van der Waals surface area contributed by atoms with E-state index in [1.807, 2.05) is 60.5 Å². The third-order valence-electron chi connectivity index (χ3n) is 4.72. The first-order chi connectivity index (χ1) is 13.1. The van der Waals surface area contributed by atoms with Crippen molar-refractivity contribution in [2.75, 3.05) is 51.8 Å².